The van der Waals surface area contributed by atoms with Gasteiger partial charge in [-0.25, -0.2) is 0 Å². The van der Waals surface area contributed by atoms with Crippen molar-refractivity contribution in [3.63, 3.8) is 0 Å². The van der Waals surface area contributed by atoms with E-state index in [4.69, 9.17) is 9.47 Å². The minimum Gasteiger partial charge on any atom is -0.395 e. The lowest BCUT2D eigenvalue weighted by Gasteiger charge is -2.24. The van der Waals surface area contributed by atoms with E-state index in [9.17, 15) is 5.11 Å². The van der Waals surface area contributed by atoms with Crippen molar-refractivity contribution < 1.29 is 14.6 Å². The van der Waals surface area contributed by atoms with Crippen LogP contribution >= 0.6 is 0 Å². The lowest BCUT2D eigenvalue weighted by molar-refractivity contribution is 0.126. The number of hydrogen-bond acceptors (Lipinski definition) is 5. The van der Waals surface area contributed by atoms with Gasteiger partial charge in [0.15, 0.2) is 0 Å². The van der Waals surface area contributed by atoms with Gasteiger partial charge in [-0.15, -0.1) is 0 Å². The molecule has 0 aliphatic carbocycles. The molecule has 0 aromatic rings. The Morgan fingerprint density at radius 1 is 1.11 bits per heavy atom. The molecule has 0 fully saturated rings. The monoisotopic (exact) mass is 276 g/mol. The minimum absolute atomic E-state index is 0.201. The summed E-state index contributed by atoms with van der Waals surface area (Å²) in [5.74, 6) is 0. The van der Waals surface area contributed by atoms with E-state index in [1.165, 1.54) is 0 Å². The van der Waals surface area contributed by atoms with Crippen molar-refractivity contribution >= 4 is 0 Å². The van der Waals surface area contributed by atoms with E-state index in [1.54, 1.807) is 14.2 Å². The van der Waals surface area contributed by atoms with Gasteiger partial charge < -0.3 is 24.8 Å². The van der Waals surface area contributed by atoms with Crippen LogP contribution in [0.1, 0.15) is 26.2 Å². The Morgan fingerprint density at radius 3 is 2.42 bits per heavy atom. The Hall–Kier alpha value is -0.200. The highest BCUT2D eigenvalue weighted by atomic mass is 16.5. The quantitative estimate of drug-likeness (QED) is 0.458. The smallest absolute Gasteiger partial charge is 0.0589 e. The van der Waals surface area contributed by atoms with Gasteiger partial charge in [-0.3, -0.25) is 0 Å². The molecule has 1 unspecified atom stereocenters. The highest BCUT2D eigenvalue weighted by molar-refractivity contribution is 4.68. The molecule has 5 heteroatoms. The SMILES string of the molecule is CCCNC(CO)CCN(CCCOC)CCOC. The van der Waals surface area contributed by atoms with Crippen molar-refractivity contribution in [2.24, 2.45) is 0 Å². The fourth-order valence-electron chi connectivity index (χ4n) is 1.93. The van der Waals surface area contributed by atoms with Crippen molar-refractivity contribution in [1.29, 1.82) is 0 Å². The van der Waals surface area contributed by atoms with Crippen LogP contribution < -0.4 is 5.32 Å². The van der Waals surface area contributed by atoms with E-state index in [0.29, 0.717) is 0 Å². The van der Waals surface area contributed by atoms with Gasteiger partial charge in [-0.2, -0.15) is 0 Å². The van der Waals surface area contributed by atoms with E-state index in [2.05, 4.69) is 17.1 Å². The van der Waals surface area contributed by atoms with Crippen LogP contribution in [-0.4, -0.2) is 76.3 Å². The third-order valence-corrected chi connectivity index (χ3v) is 3.13. The first-order valence-electron chi connectivity index (χ1n) is 7.32. The third kappa shape index (κ3) is 11.3. The second-order valence-corrected chi connectivity index (χ2v) is 4.80. The maximum absolute atomic E-state index is 9.33. The molecule has 0 saturated carbocycles. The lowest BCUT2D eigenvalue weighted by Crippen LogP contribution is -2.38. The average Bonchev–Trinajstić information content (AvgIpc) is 2.44. The lowest BCUT2D eigenvalue weighted by atomic mass is 10.2. The Morgan fingerprint density at radius 2 is 1.84 bits per heavy atom. The number of aliphatic hydroxyl groups is 1. The number of methoxy groups -OCH3 is 2. The summed E-state index contributed by atoms with van der Waals surface area (Å²) in [6.45, 7) is 7.78. The summed E-state index contributed by atoms with van der Waals surface area (Å²) in [6.07, 6.45) is 3.09. The van der Waals surface area contributed by atoms with Gasteiger partial charge in [0.1, 0.15) is 0 Å². The van der Waals surface area contributed by atoms with Crippen molar-refractivity contribution in [2.45, 2.75) is 32.2 Å². The summed E-state index contributed by atoms with van der Waals surface area (Å²) in [4.78, 5) is 2.37. The van der Waals surface area contributed by atoms with E-state index < -0.39 is 0 Å². The van der Waals surface area contributed by atoms with Crippen molar-refractivity contribution in [1.82, 2.24) is 10.2 Å². The molecule has 0 amide bonds. The average molecular weight is 276 g/mol. The zero-order valence-electron chi connectivity index (χ0n) is 12.9. The Kier molecular flexibility index (Phi) is 14.1. The molecule has 116 valence electrons. The molecular formula is C14H32N2O3. The van der Waals surface area contributed by atoms with Crippen LogP contribution in [0.5, 0.6) is 0 Å². The predicted octanol–water partition coefficient (Wildman–Crippen LogP) is 0.722. The minimum atomic E-state index is 0.201. The summed E-state index contributed by atoms with van der Waals surface area (Å²) in [5.41, 5.74) is 0. The maximum Gasteiger partial charge on any atom is 0.0589 e. The first-order chi connectivity index (χ1) is 9.28. The second kappa shape index (κ2) is 14.2. The molecule has 0 aromatic carbocycles. The summed E-state index contributed by atoms with van der Waals surface area (Å²) in [5, 5.41) is 12.7. The van der Waals surface area contributed by atoms with Crippen LogP contribution in [0, 0.1) is 0 Å². The highest BCUT2D eigenvalue weighted by Crippen LogP contribution is 1.99. The van der Waals surface area contributed by atoms with Gasteiger partial charge in [-0.1, -0.05) is 6.92 Å². The molecule has 19 heavy (non-hydrogen) atoms. The van der Waals surface area contributed by atoms with Crippen molar-refractivity contribution in [3.8, 4) is 0 Å². The largest absolute Gasteiger partial charge is 0.395 e. The van der Waals surface area contributed by atoms with E-state index in [1.807, 2.05) is 0 Å². The molecule has 0 aliphatic rings. The molecule has 1 atom stereocenters. The number of rotatable bonds is 14. The molecule has 0 saturated heterocycles. The number of nitrogens with one attached hydrogen (secondary N) is 1. The van der Waals surface area contributed by atoms with Crippen molar-refractivity contribution in [3.05, 3.63) is 0 Å². The molecule has 0 heterocycles. The summed E-state index contributed by atoms with van der Waals surface area (Å²) < 4.78 is 10.2. The fraction of sp³-hybridized carbons (Fsp3) is 1.00. The Bertz CT molecular complexity index is 182. The standard InChI is InChI=1S/C14H32N2O3/c1-4-7-15-14(13-17)6-9-16(10-12-19-3)8-5-11-18-2/h14-15,17H,4-13H2,1-3H3. The van der Waals surface area contributed by atoms with Crippen LogP contribution in [0.4, 0.5) is 0 Å². The first kappa shape index (κ1) is 18.8. The number of aliphatic hydroxyl groups excluding tert-OH is 1. The Balaban J connectivity index is 3.91. The topological polar surface area (TPSA) is 54.0 Å². The molecule has 0 aliphatic heterocycles. The van der Waals surface area contributed by atoms with Gasteiger partial charge in [0, 0.05) is 40.0 Å². The Labute approximate surface area is 118 Å². The van der Waals surface area contributed by atoms with Crippen LogP contribution in [0.3, 0.4) is 0 Å². The molecule has 0 rings (SSSR count). The molecule has 5 nitrogen and oxygen atoms in total. The van der Waals surface area contributed by atoms with Crippen LogP contribution in [0.2, 0.25) is 0 Å². The summed E-state index contributed by atoms with van der Waals surface area (Å²) >= 11 is 0. The van der Waals surface area contributed by atoms with Crippen LogP contribution in [-0.2, 0) is 9.47 Å². The zero-order chi connectivity index (χ0) is 14.3. The normalized spacial score (nSPS) is 13.1. The van der Waals surface area contributed by atoms with Gasteiger partial charge in [0.05, 0.1) is 13.2 Å². The molecule has 0 radical (unpaired) electrons. The zero-order valence-corrected chi connectivity index (χ0v) is 12.9. The first-order valence-corrected chi connectivity index (χ1v) is 7.32. The number of nitrogens with zero attached hydrogens (tertiary/aromatic N) is 1. The van der Waals surface area contributed by atoms with Crippen molar-refractivity contribution in [2.75, 3.05) is 60.2 Å². The van der Waals surface area contributed by atoms with E-state index >= 15 is 0 Å². The second-order valence-electron chi connectivity index (χ2n) is 4.80. The van der Waals surface area contributed by atoms with E-state index in [-0.39, 0.29) is 12.6 Å². The third-order valence-electron chi connectivity index (χ3n) is 3.13. The number of ether oxygens (including phenoxy) is 2. The molecule has 2 N–H and O–H groups in total. The van der Waals surface area contributed by atoms with Gasteiger partial charge >= 0.3 is 0 Å². The fourth-order valence-corrected chi connectivity index (χ4v) is 1.93. The maximum atomic E-state index is 9.33. The predicted molar refractivity (Wildman–Crippen MR) is 78.6 cm³/mol. The molecule has 0 spiro atoms. The van der Waals surface area contributed by atoms with Gasteiger partial charge in [-0.05, 0) is 32.4 Å². The summed E-state index contributed by atoms with van der Waals surface area (Å²) in [6, 6.07) is 0.201. The van der Waals surface area contributed by atoms with Gasteiger partial charge in [0.2, 0.25) is 0 Å². The van der Waals surface area contributed by atoms with E-state index in [0.717, 1.165) is 58.7 Å². The summed E-state index contributed by atoms with van der Waals surface area (Å²) in [7, 11) is 3.46. The molecular weight excluding hydrogens is 244 g/mol. The van der Waals surface area contributed by atoms with Crippen LogP contribution in [0.15, 0.2) is 0 Å². The highest BCUT2D eigenvalue weighted by Gasteiger charge is 2.10. The van der Waals surface area contributed by atoms with Crippen LogP contribution in [0.25, 0.3) is 0 Å². The van der Waals surface area contributed by atoms with Gasteiger partial charge in [0.25, 0.3) is 0 Å². The number of hydrogen-bond donors (Lipinski definition) is 2. The molecule has 0 bridgehead atoms. The molecule has 0 aromatic heterocycles.